The molecular weight excluding hydrogens is 262 g/mol. The van der Waals surface area contributed by atoms with E-state index in [0.29, 0.717) is 0 Å². The molecule has 2 aromatic rings. The Labute approximate surface area is 127 Å². The van der Waals surface area contributed by atoms with Crippen molar-refractivity contribution in [1.82, 2.24) is 0 Å². The highest BCUT2D eigenvalue weighted by Crippen LogP contribution is 2.22. The molecule has 0 unspecified atom stereocenters. The van der Waals surface area contributed by atoms with E-state index in [0.717, 1.165) is 6.54 Å². The Balaban J connectivity index is 1.86. The lowest BCUT2D eigenvalue weighted by atomic mass is 10.1. The normalized spacial score (nSPS) is 10.8. The maximum atomic E-state index is 3.52. The predicted molar refractivity (Wildman–Crippen MR) is 90.8 cm³/mol. The van der Waals surface area contributed by atoms with Gasteiger partial charge < -0.3 is 5.32 Å². The molecule has 0 aliphatic rings. The van der Waals surface area contributed by atoms with Crippen molar-refractivity contribution in [3.05, 3.63) is 51.2 Å². The molecule has 1 aromatic carbocycles. The van der Waals surface area contributed by atoms with E-state index in [1.54, 1.807) is 0 Å². The maximum absolute atomic E-state index is 3.52. The summed E-state index contributed by atoms with van der Waals surface area (Å²) in [7, 11) is 0. The fourth-order valence-electron chi connectivity index (χ4n) is 2.42. The Morgan fingerprint density at radius 3 is 2.40 bits per heavy atom. The molecule has 0 spiro atoms. The van der Waals surface area contributed by atoms with Gasteiger partial charge in [0.05, 0.1) is 0 Å². The molecule has 1 N–H and O–H groups in total. The van der Waals surface area contributed by atoms with Gasteiger partial charge in [-0.1, -0.05) is 31.9 Å². The van der Waals surface area contributed by atoms with Crippen molar-refractivity contribution in [1.29, 1.82) is 0 Å². The SMILES string of the molecule is CCCCCc1ccc(NCc2cc(C)sc2C)cc1. The first-order chi connectivity index (χ1) is 9.69. The van der Waals surface area contributed by atoms with Crippen molar-refractivity contribution in [2.75, 3.05) is 5.32 Å². The zero-order valence-electron chi connectivity index (χ0n) is 12.8. The van der Waals surface area contributed by atoms with Gasteiger partial charge in [0.2, 0.25) is 0 Å². The Kier molecular flexibility index (Phi) is 5.66. The number of thiophene rings is 1. The minimum atomic E-state index is 0.922. The number of rotatable bonds is 7. The lowest BCUT2D eigenvalue weighted by Gasteiger charge is -2.07. The number of hydrogen-bond donors (Lipinski definition) is 1. The average molecular weight is 287 g/mol. The van der Waals surface area contributed by atoms with Gasteiger partial charge in [-0.3, -0.25) is 0 Å². The summed E-state index contributed by atoms with van der Waals surface area (Å²) in [5.74, 6) is 0. The zero-order chi connectivity index (χ0) is 14.4. The number of unbranched alkanes of at least 4 members (excludes halogenated alkanes) is 2. The third-order valence-corrected chi connectivity index (χ3v) is 4.66. The third-order valence-electron chi connectivity index (χ3n) is 3.65. The van der Waals surface area contributed by atoms with Crippen molar-refractivity contribution < 1.29 is 0 Å². The summed E-state index contributed by atoms with van der Waals surface area (Å²) >= 11 is 1.88. The van der Waals surface area contributed by atoms with E-state index < -0.39 is 0 Å². The molecule has 0 fully saturated rings. The van der Waals surface area contributed by atoms with Gasteiger partial charge in [-0.15, -0.1) is 11.3 Å². The van der Waals surface area contributed by atoms with Crippen LogP contribution in [0.5, 0.6) is 0 Å². The molecule has 1 nitrogen and oxygen atoms in total. The second kappa shape index (κ2) is 7.49. The number of aryl methyl sites for hydroxylation is 3. The van der Waals surface area contributed by atoms with Crippen LogP contribution < -0.4 is 5.32 Å². The molecule has 108 valence electrons. The Morgan fingerprint density at radius 1 is 1.05 bits per heavy atom. The molecule has 2 heteroatoms. The molecule has 20 heavy (non-hydrogen) atoms. The Hall–Kier alpha value is -1.28. The summed E-state index contributed by atoms with van der Waals surface area (Å²) in [4.78, 5) is 2.82. The highest BCUT2D eigenvalue weighted by molar-refractivity contribution is 7.12. The van der Waals surface area contributed by atoms with Crippen molar-refractivity contribution in [3.8, 4) is 0 Å². The standard InChI is InChI=1S/C18H25NS/c1-4-5-6-7-16-8-10-18(11-9-16)19-13-17-12-14(2)20-15(17)3/h8-12,19H,4-7,13H2,1-3H3. The van der Waals surface area contributed by atoms with Crippen LogP contribution in [0.2, 0.25) is 0 Å². The number of anilines is 1. The van der Waals surface area contributed by atoms with Crippen molar-refractivity contribution in [2.45, 2.75) is 53.0 Å². The first-order valence-corrected chi connectivity index (χ1v) is 8.39. The second-order valence-electron chi connectivity index (χ2n) is 5.45. The van der Waals surface area contributed by atoms with Crippen LogP contribution in [0, 0.1) is 13.8 Å². The molecule has 0 amide bonds. The lowest BCUT2D eigenvalue weighted by molar-refractivity contribution is 0.717. The minimum absolute atomic E-state index is 0.922. The van der Waals surface area contributed by atoms with E-state index in [2.05, 4.69) is 56.4 Å². The van der Waals surface area contributed by atoms with Crippen LogP contribution in [0.1, 0.15) is 47.1 Å². The van der Waals surface area contributed by atoms with Gasteiger partial charge in [0.1, 0.15) is 0 Å². The molecule has 0 bridgehead atoms. The van der Waals surface area contributed by atoms with Crippen molar-refractivity contribution in [3.63, 3.8) is 0 Å². The van der Waals surface area contributed by atoms with Crippen LogP contribution >= 0.6 is 11.3 Å². The molecule has 0 aliphatic carbocycles. The van der Waals surface area contributed by atoms with Crippen LogP contribution in [0.15, 0.2) is 30.3 Å². The lowest BCUT2D eigenvalue weighted by Crippen LogP contribution is -1.99. The van der Waals surface area contributed by atoms with Gasteiger partial charge in [0, 0.05) is 22.0 Å². The summed E-state index contributed by atoms with van der Waals surface area (Å²) in [6.45, 7) is 7.55. The van der Waals surface area contributed by atoms with E-state index in [1.165, 1.54) is 52.3 Å². The van der Waals surface area contributed by atoms with Crippen LogP contribution in [0.4, 0.5) is 5.69 Å². The largest absolute Gasteiger partial charge is 0.381 e. The monoisotopic (exact) mass is 287 g/mol. The van der Waals surface area contributed by atoms with Gasteiger partial charge in [-0.05, 0) is 56.0 Å². The molecule has 0 atom stereocenters. The molecule has 0 saturated heterocycles. The summed E-state index contributed by atoms with van der Waals surface area (Å²) in [5.41, 5.74) is 4.08. The summed E-state index contributed by atoms with van der Waals surface area (Å²) in [6, 6.07) is 11.2. The van der Waals surface area contributed by atoms with Crippen LogP contribution in [-0.2, 0) is 13.0 Å². The molecular formula is C18H25NS. The highest BCUT2D eigenvalue weighted by Gasteiger charge is 2.02. The molecule has 1 aromatic heterocycles. The number of nitrogens with one attached hydrogen (secondary N) is 1. The van der Waals surface area contributed by atoms with Crippen LogP contribution in [0.3, 0.4) is 0 Å². The minimum Gasteiger partial charge on any atom is -0.381 e. The summed E-state index contributed by atoms with van der Waals surface area (Å²) in [6.07, 6.45) is 5.13. The van der Waals surface area contributed by atoms with E-state index in [1.807, 2.05) is 11.3 Å². The van der Waals surface area contributed by atoms with E-state index >= 15 is 0 Å². The Morgan fingerprint density at radius 2 is 1.80 bits per heavy atom. The smallest absolute Gasteiger partial charge is 0.0411 e. The molecule has 2 rings (SSSR count). The summed E-state index contributed by atoms with van der Waals surface area (Å²) in [5, 5.41) is 3.52. The zero-order valence-corrected chi connectivity index (χ0v) is 13.6. The maximum Gasteiger partial charge on any atom is 0.0411 e. The molecule has 0 radical (unpaired) electrons. The predicted octanol–water partition coefficient (Wildman–Crippen LogP) is 5.71. The molecule has 0 saturated carbocycles. The van der Waals surface area contributed by atoms with E-state index in [4.69, 9.17) is 0 Å². The van der Waals surface area contributed by atoms with Crippen LogP contribution in [0.25, 0.3) is 0 Å². The molecule has 1 heterocycles. The third kappa shape index (κ3) is 4.38. The first-order valence-electron chi connectivity index (χ1n) is 7.57. The molecule has 0 aliphatic heterocycles. The van der Waals surface area contributed by atoms with Crippen LogP contribution in [-0.4, -0.2) is 0 Å². The van der Waals surface area contributed by atoms with Gasteiger partial charge in [-0.25, -0.2) is 0 Å². The topological polar surface area (TPSA) is 12.0 Å². The fraction of sp³-hybridized carbons (Fsp3) is 0.444. The number of benzene rings is 1. The number of hydrogen-bond acceptors (Lipinski definition) is 2. The van der Waals surface area contributed by atoms with Gasteiger partial charge in [-0.2, -0.15) is 0 Å². The summed E-state index contributed by atoms with van der Waals surface area (Å²) < 4.78 is 0. The van der Waals surface area contributed by atoms with Gasteiger partial charge in [0.15, 0.2) is 0 Å². The van der Waals surface area contributed by atoms with Gasteiger partial charge >= 0.3 is 0 Å². The second-order valence-corrected chi connectivity index (χ2v) is 6.91. The van der Waals surface area contributed by atoms with E-state index in [9.17, 15) is 0 Å². The fourth-order valence-corrected chi connectivity index (χ4v) is 3.37. The Bertz CT molecular complexity index is 525. The highest BCUT2D eigenvalue weighted by atomic mass is 32.1. The van der Waals surface area contributed by atoms with E-state index in [-0.39, 0.29) is 0 Å². The average Bonchev–Trinajstić information content (AvgIpc) is 2.76. The quantitative estimate of drug-likeness (QED) is 0.643. The van der Waals surface area contributed by atoms with Crippen molar-refractivity contribution >= 4 is 17.0 Å². The first kappa shape index (κ1) is 15.1. The van der Waals surface area contributed by atoms with Gasteiger partial charge in [0.25, 0.3) is 0 Å². The van der Waals surface area contributed by atoms with Crippen molar-refractivity contribution in [2.24, 2.45) is 0 Å².